The highest BCUT2D eigenvalue weighted by Gasteiger charge is 2.50. The van der Waals surface area contributed by atoms with Crippen LogP contribution >= 0.6 is 0 Å². The van der Waals surface area contributed by atoms with Gasteiger partial charge < -0.3 is 5.32 Å². The van der Waals surface area contributed by atoms with Crippen LogP contribution in [0.1, 0.15) is 47.5 Å². The van der Waals surface area contributed by atoms with E-state index < -0.39 is 14.8 Å². The maximum atomic E-state index is 12.8. The summed E-state index contributed by atoms with van der Waals surface area (Å²) in [5.74, 6) is 0. The number of fused-ring (bicyclic) bond motifs is 2. The van der Waals surface area contributed by atoms with E-state index in [0.717, 1.165) is 19.4 Å². The molecule has 0 radical (unpaired) electrons. The topological polar surface area (TPSA) is 49.4 Å². The second kappa shape index (κ2) is 4.18. The van der Waals surface area contributed by atoms with Crippen molar-refractivity contribution in [2.24, 2.45) is 5.41 Å². The van der Waals surface area contributed by atoms with E-state index >= 15 is 0 Å². The molecule has 4 nitrogen and oxygen atoms in total. The lowest BCUT2D eigenvalue weighted by molar-refractivity contribution is 0.127. The molecule has 1 N–H and O–H groups in total. The van der Waals surface area contributed by atoms with Gasteiger partial charge in [0.1, 0.15) is 0 Å². The number of hydrogen-bond acceptors (Lipinski definition) is 3. The van der Waals surface area contributed by atoms with Gasteiger partial charge in [-0.3, -0.25) is 0 Å². The Balaban J connectivity index is 2.44. The minimum atomic E-state index is -3.21. The Morgan fingerprint density at radius 1 is 1.28 bits per heavy atom. The van der Waals surface area contributed by atoms with Gasteiger partial charge in [0.05, 0.1) is 4.75 Å². The van der Waals surface area contributed by atoms with Gasteiger partial charge in [-0.2, -0.15) is 4.31 Å². The summed E-state index contributed by atoms with van der Waals surface area (Å²) in [6.45, 7) is 11.5. The molecule has 0 aliphatic carbocycles. The lowest BCUT2D eigenvalue weighted by Crippen LogP contribution is -2.62. The van der Waals surface area contributed by atoms with Gasteiger partial charge in [-0.15, -0.1) is 0 Å². The normalized spacial score (nSPS) is 39.1. The Labute approximate surface area is 111 Å². The first-order valence-corrected chi connectivity index (χ1v) is 8.24. The van der Waals surface area contributed by atoms with Gasteiger partial charge in [0.25, 0.3) is 0 Å². The number of sulfonamides is 1. The van der Waals surface area contributed by atoms with E-state index in [1.165, 1.54) is 0 Å². The molecule has 3 unspecified atom stereocenters. The average Bonchev–Trinajstić information content (AvgIpc) is 2.29. The summed E-state index contributed by atoms with van der Waals surface area (Å²) in [7, 11) is -3.21. The first-order chi connectivity index (χ1) is 8.06. The van der Waals surface area contributed by atoms with E-state index in [-0.39, 0.29) is 11.5 Å². The summed E-state index contributed by atoms with van der Waals surface area (Å²) < 4.78 is 26.8. The van der Waals surface area contributed by atoms with Crippen molar-refractivity contribution in [3.05, 3.63) is 0 Å². The fourth-order valence-corrected chi connectivity index (χ4v) is 5.07. The Bertz CT molecular complexity index is 423. The van der Waals surface area contributed by atoms with E-state index in [4.69, 9.17) is 0 Å². The predicted octanol–water partition coefficient (Wildman–Crippen LogP) is 1.58. The SMILES string of the molecule is CC(C)(C)C1CNC2CCC(C)(C)S(=O)(=O)N1C2. The summed E-state index contributed by atoms with van der Waals surface area (Å²) in [4.78, 5) is 0. The van der Waals surface area contributed by atoms with E-state index in [2.05, 4.69) is 26.1 Å². The lowest BCUT2D eigenvalue weighted by atomic mass is 9.85. The number of piperazine rings is 1. The quantitative estimate of drug-likeness (QED) is 0.729. The molecule has 2 bridgehead atoms. The molecule has 5 heteroatoms. The largest absolute Gasteiger partial charge is 0.311 e. The molecule has 0 aromatic carbocycles. The number of nitrogens with zero attached hydrogens (tertiary/aromatic N) is 1. The van der Waals surface area contributed by atoms with Crippen LogP contribution in [0.5, 0.6) is 0 Å². The molecule has 2 saturated heterocycles. The van der Waals surface area contributed by atoms with Crippen molar-refractivity contribution < 1.29 is 8.42 Å². The number of hydrogen-bond donors (Lipinski definition) is 1. The monoisotopic (exact) mass is 274 g/mol. The Morgan fingerprint density at radius 2 is 1.89 bits per heavy atom. The van der Waals surface area contributed by atoms with Gasteiger partial charge in [0, 0.05) is 25.2 Å². The van der Waals surface area contributed by atoms with Crippen LogP contribution in [0.2, 0.25) is 0 Å². The first-order valence-electron chi connectivity index (χ1n) is 6.80. The third-order valence-corrected chi connectivity index (χ3v) is 7.07. The molecule has 2 aliphatic heterocycles. The highest BCUT2D eigenvalue weighted by Crippen LogP contribution is 2.37. The first kappa shape index (κ1) is 14.3. The van der Waals surface area contributed by atoms with Crippen LogP contribution in [0.15, 0.2) is 0 Å². The van der Waals surface area contributed by atoms with Crippen LogP contribution in [0.4, 0.5) is 0 Å². The van der Waals surface area contributed by atoms with Crippen LogP contribution in [0, 0.1) is 5.41 Å². The van der Waals surface area contributed by atoms with Crippen molar-refractivity contribution in [3.8, 4) is 0 Å². The minimum Gasteiger partial charge on any atom is -0.311 e. The van der Waals surface area contributed by atoms with Crippen molar-refractivity contribution in [1.82, 2.24) is 9.62 Å². The van der Waals surface area contributed by atoms with Gasteiger partial charge in [-0.1, -0.05) is 20.8 Å². The maximum absolute atomic E-state index is 12.8. The van der Waals surface area contributed by atoms with Crippen molar-refractivity contribution in [2.75, 3.05) is 13.1 Å². The molecule has 2 aliphatic rings. The lowest BCUT2D eigenvalue weighted by Gasteiger charge is -2.45. The molecular formula is C13H26N2O2S. The molecule has 18 heavy (non-hydrogen) atoms. The third kappa shape index (κ3) is 2.21. The Morgan fingerprint density at radius 3 is 2.44 bits per heavy atom. The van der Waals surface area contributed by atoms with Crippen molar-refractivity contribution in [2.45, 2.75) is 64.3 Å². The van der Waals surface area contributed by atoms with Gasteiger partial charge in [0.2, 0.25) is 10.0 Å². The standard InChI is InChI=1S/C13H26N2O2S/c1-12(2,3)11-8-14-10-6-7-13(4,5)18(16,17)15(11)9-10/h10-11,14H,6-9H2,1-5H3. The van der Waals surface area contributed by atoms with Gasteiger partial charge in [-0.05, 0) is 32.1 Å². The average molecular weight is 274 g/mol. The van der Waals surface area contributed by atoms with Gasteiger partial charge in [0.15, 0.2) is 0 Å². The summed E-state index contributed by atoms with van der Waals surface area (Å²) in [6, 6.07) is 0.372. The van der Waals surface area contributed by atoms with E-state index in [9.17, 15) is 8.42 Å². The highest BCUT2D eigenvalue weighted by molar-refractivity contribution is 7.90. The highest BCUT2D eigenvalue weighted by atomic mass is 32.2. The molecule has 3 atom stereocenters. The summed E-state index contributed by atoms with van der Waals surface area (Å²) >= 11 is 0. The van der Waals surface area contributed by atoms with Crippen LogP contribution in [0.3, 0.4) is 0 Å². The number of rotatable bonds is 0. The zero-order valence-corrected chi connectivity index (χ0v) is 13.0. The molecule has 2 fully saturated rings. The van der Waals surface area contributed by atoms with E-state index in [1.54, 1.807) is 4.31 Å². The van der Waals surface area contributed by atoms with Crippen molar-refractivity contribution in [3.63, 3.8) is 0 Å². The maximum Gasteiger partial charge on any atom is 0.219 e. The third-order valence-electron chi connectivity index (χ3n) is 4.45. The zero-order valence-electron chi connectivity index (χ0n) is 12.2. The smallest absolute Gasteiger partial charge is 0.219 e. The minimum absolute atomic E-state index is 0.0362. The summed E-state index contributed by atoms with van der Waals surface area (Å²) in [5, 5.41) is 3.52. The Kier molecular flexibility index (Phi) is 3.32. The molecule has 2 heterocycles. The molecule has 0 saturated carbocycles. The van der Waals surface area contributed by atoms with E-state index in [0.29, 0.717) is 12.6 Å². The van der Waals surface area contributed by atoms with Crippen LogP contribution < -0.4 is 5.32 Å². The van der Waals surface area contributed by atoms with Crippen LogP contribution in [-0.2, 0) is 10.0 Å². The predicted molar refractivity (Wildman–Crippen MR) is 74.0 cm³/mol. The van der Waals surface area contributed by atoms with Gasteiger partial charge in [-0.25, -0.2) is 8.42 Å². The molecule has 106 valence electrons. The summed E-state index contributed by atoms with van der Waals surface area (Å²) in [6.07, 6.45) is 1.68. The molecule has 0 aromatic rings. The van der Waals surface area contributed by atoms with Crippen molar-refractivity contribution in [1.29, 1.82) is 0 Å². The molecule has 0 aromatic heterocycles. The number of nitrogens with one attached hydrogen (secondary N) is 1. The second-order valence-corrected chi connectivity index (χ2v) is 9.88. The van der Waals surface area contributed by atoms with E-state index in [1.807, 2.05) is 13.8 Å². The fourth-order valence-electron chi connectivity index (χ4n) is 2.95. The fraction of sp³-hybridized carbons (Fsp3) is 1.00. The molecule has 0 spiro atoms. The van der Waals surface area contributed by atoms with Gasteiger partial charge >= 0.3 is 0 Å². The molecule has 2 rings (SSSR count). The summed E-state index contributed by atoms with van der Waals surface area (Å²) in [5.41, 5.74) is -0.0362. The second-order valence-electron chi connectivity index (χ2n) is 7.36. The van der Waals surface area contributed by atoms with Crippen molar-refractivity contribution >= 4 is 10.0 Å². The zero-order chi connectivity index (χ0) is 13.8. The van der Waals surface area contributed by atoms with Crippen LogP contribution in [-0.4, -0.2) is 42.6 Å². The molecule has 0 amide bonds. The Hall–Kier alpha value is -0.130. The molecular weight excluding hydrogens is 248 g/mol. The van der Waals surface area contributed by atoms with Crippen LogP contribution in [0.25, 0.3) is 0 Å².